The first-order chi connectivity index (χ1) is 12.0. The quantitative estimate of drug-likeness (QED) is 0.902. The van der Waals surface area contributed by atoms with Crippen LogP contribution in [0.1, 0.15) is 28.9 Å². The molecule has 1 aliphatic rings. The Morgan fingerprint density at radius 1 is 1.20 bits per heavy atom. The van der Waals surface area contributed by atoms with E-state index in [4.69, 9.17) is 0 Å². The van der Waals surface area contributed by atoms with Gasteiger partial charge in [-0.3, -0.25) is 9.59 Å². The minimum atomic E-state index is -0.317. The predicted molar refractivity (Wildman–Crippen MR) is 93.8 cm³/mol. The molecule has 2 amide bonds. The number of halogens is 1. The van der Waals surface area contributed by atoms with Gasteiger partial charge >= 0.3 is 0 Å². The Morgan fingerprint density at radius 3 is 2.76 bits per heavy atom. The minimum Gasteiger partial charge on any atom is -0.329 e. The lowest BCUT2D eigenvalue weighted by Gasteiger charge is -2.36. The minimum absolute atomic E-state index is 0.136. The van der Waals surface area contributed by atoms with Crippen molar-refractivity contribution in [3.8, 4) is 0 Å². The average Bonchev–Trinajstić information content (AvgIpc) is 2.61. The summed E-state index contributed by atoms with van der Waals surface area (Å²) in [5.74, 6) is -0.643. The first-order valence-corrected chi connectivity index (χ1v) is 8.19. The normalized spacial score (nSPS) is 17.2. The number of benzene rings is 2. The summed E-state index contributed by atoms with van der Waals surface area (Å²) in [5, 5.41) is 5.93. The molecule has 25 heavy (non-hydrogen) atoms. The van der Waals surface area contributed by atoms with Crippen LogP contribution in [0.2, 0.25) is 0 Å². The summed E-state index contributed by atoms with van der Waals surface area (Å²) in [6.07, 6.45) is 0. The molecule has 0 saturated carbocycles. The van der Waals surface area contributed by atoms with Crippen molar-refractivity contribution in [2.75, 3.05) is 25.0 Å². The van der Waals surface area contributed by atoms with Crippen molar-refractivity contribution in [1.82, 2.24) is 10.2 Å². The van der Waals surface area contributed by atoms with Crippen LogP contribution in [0.4, 0.5) is 10.1 Å². The molecule has 1 saturated heterocycles. The van der Waals surface area contributed by atoms with Crippen molar-refractivity contribution < 1.29 is 14.0 Å². The number of rotatable bonds is 3. The zero-order valence-electron chi connectivity index (χ0n) is 14.0. The molecule has 130 valence electrons. The fraction of sp³-hybridized carbons (Fsp3) is 0.263. The Labute approximate surface area is 145 Å². The lowest BCUT2D eigenvalue weighted by molar-refractivity contribution is -0.114. The standard InChI is InChI=1S/C19H20FN3O2/c1-13(24)22-17-7-3-5-15(11-17)19(25)23-9-8-21-12-18(23)14-4-2-6-16(20)10-14/h2-7,10-11,18,21H,8-9,12H2,1H3,(H,22,24). The fourth-order valence-electron chi connectivity index (χ4n) is 3.06. The molecular weight excluding hydrogens is 321 g/mol. The number of anilines is 1. The molecule has 3 rings (SSSR count). The number of carbonyl (C=O) groups excluding carboxylic acids is 2. The van der Waals surface area contributed by atoms with E-state index in [1.54, 1.807) is 35.2 Å². The van der Waals surface area contributed by atoms with Gasteiger partial charge in [0.1, 0.15) is 5.82 Å². The molecule has 0 aromatic heterocycles. The molecule has 2 N–H and O–H groups in total. The van der Waals surface area contributed by atoms with Crippen LogP contribution in [0.15, 0.2) is 48.5 Å². The van der Waals surface area contributed by atoms with E-state index in [0.717, 1.165) is 5.56 Å². The van der Waals surface area contributed by atoms with Gasteiger partial charge in [-0.25, -0.2) is 4.39 Å². The van der Waals surface area contributed by atoms with Crippen molar-refractivity contribution >= 4 is 17.5 Å². The van der Waals surface area contributed by atoms with E-state index >= 15 is 0 Å². The number of hydrogen-bond acceptors (Lipinski definition) is 3. The lowest BCUT2D eigenvalue weighted by atomic mass is 10.0. The Balaban J connectivity index is 1.87. The smallest absolute Gasteiger partial charge is 0.254 e. The summed E-state index contributed by atoms with van der Waals surface area (Å²) in [5.41, 5.74) is 1.84. The SMILES string of the molecule is CC(=O)Nc1cccc(C(=O)N2CCNCC2c2cccc(F)c2)c1. The van der Waals surface area contributed by atoms with Gasteiger partial charge in [-0.05, 0) is 35.9 Å². The van der Waals surface area contributed by atoms with E-state index in [2.05, 4.69) is 10.6 Å². The van der Waals surface area contributed by atoms with E-state index < -0.39 is 0 Å². The fourth-order valence-corrected chi connectivity index (χ4v) is 3.06. The highest BCUT2D eigenvalue weighted by molar-refractivity contribution is 5.97. The monoisotopic (exact) mass is 341 g/mol. The van der Waals surface area contributed by atoms with Crippen LogP contribution in [-0.4, -0.2) is 36.3 Å². The van der Waals surface area contributed by atoms with Crippen molar-refractivity contribution in [2.24, 2.45) is 0 Å². The summed E-state index contributed by atoms with van der Waals surface area (Å²) in [6.45, 7) is 3.21. The van der Waals surface area contributed by atoms with Crippen molar-refractivity contribution in [3.63, 3.8) is 0 Å². The predicted octanol–water partition coefficient (Wildman–Crippen LogP) is 2.57. The lowest BCUT2D eigenvalue weighted by Crippen LogP contribution is -2.48. The van der Waals surface area contributed by atoms with Crippen molar-refractivity contribution in [2.45, 2.75) is 13.0 Å². The topological polar surface area (TPSA) is 61.4 Å². The van der Waals surface area contributed by atoms with Crippen molar-refractivity contribution in [3.05, 3.63) is 65.5 Å². The van der Waals surface area contributed by atoms with Crippen LogP contribution in [0.5, 0.6) is 0 Å². The van der Waals surface area contributed by atoms with Gasteiger partial charge in [0, 0.05) is 37.8 Å². The van der Waals surface area contributed by atoms with E-state index in [1.807, 2.05) is 6.07 Å². The van der Waals surface area contributed by atoms with Crippen LogP contribution in [-0.2, 0) is 4.79 Å². The van der Waals surface area contributed by atoms with Crippen LogP contribution in [0.3, 0.4) is 0 Å². The molecule has 1 fully saturated rings. The molecule has 2 aromatic rings. The molecule has 1 atom stereocenters. The zero-order valence-corrected chi connectivity index (χ0v) is 14.0. The van der Waals surface area contributed by atoms with Crippen LogP contribution in [0.25, 0.3) is 0 Å². The number of amides is 2. The molecule has 6 heteroatoms. The summed E-state index contributed by atoms with van der Waals surface area (Å²) >= 11 is 0. The highest BCUT2D eigenvalue weighted by atomic mass is 19.1. The highest BCUT2D eigenvalue weighted by Crippen LogP contribution is 2.25. The summed E-state index contributed by atoms with van der Waals surface area (Å²) in [6, 6.07) is 13.0. The molecule has 1 aliphatic heterocycles. The first kappa shape index (κ1) is 17.1. The molecule has 1 heterocycles. The third kappa shape index (κ3) is 4.03. The third-order valence-corrected chi connectivity index (χ3v) is 4.17. The Hall–Kier alpha value is -2.73. The number of carbonyl (C=O) groups is 2. The number of nitrogens with zero attached hydrogens (tertiary/aromatic N) is 1. The zero-order chi connectivity index (χ0) is 17.8. The van der Waals surface area contributed by atoms with E-state index in [9.17, 15) is 14.0 Å². The molecular formula is C19H20FN3O2. The van der Waals surface area contributed by atoms with Gasteiger partial charge in [0.2, 0.25) is 5.91 Å². The molecule has 0 radical (unpaired) electrons. The number of piperazine rings is 1. The van der Waals surface area contributed by atoms with E-state index in [-0.39, 0.29) is 23.7 Å². The van der Waals surface area contributed by atoms with Crippen LogP contribution >= 0.6 is 0 Å². The second kappa shape index (κ2) is 7.44. The molecule has 1 unspecified atom stereocenters. The molecule has 0 spiro atoms. The largest absolute Gasteiger partial charge is 0.329 e. The Morgan fingerprint density at radius 2 is 2.00 bits per heavy atom. The number of hydrogen-bond donors (Lipinski definition) is 2. The highest BCUT2D eigenvalue weighted by Gasteiger charge is 2.28. The van der Waals surface area contributed by atoms with Gasteiger partial charge < -0.3 is 15.5 Å². The Kier molecular flexibility index (Phi) is 5.09. The maximum absolute atomic E-state index is 13.6. The van der Waals surface area contributed by atoms with Gasteiger partial charge in [0.25, 0.3) is 5.91 Å². The maximum Gasteiger partial charge on any atom is 0.254 e. The van der Waals surface area contributed by atoms with Crippen molar-refractivity contribution in [1.29, 1.82) is 0 Å². The molecule has 0 bridgehead atoms. The van der Waals surface area contributed by atoms with Gasteiger partial charge in [-0.1, -0.05) is 18.2 Å². The van der Waals surface area contributed by atoms with Crippen LogP contribution in [0, 0.1) is 5.82 Å². The molecule has 5 nitrogen and oxygen atoms in total. The van der Waals surface area contributed by atoms with Crippen LogP contribution < -0.4 is 10.6 Å². The average molecular weight is 341 g/mol. The van der Waals surface area contributed by atoms with Gasteiger partial charge in [0.15, 0.2) is 0 Å². The molecule has 2 aromatic carbocycles. The third-order valence-electron chi connectivity index (χ3n) is 4.17. The van der Waals surface area contributed by atoms with Gasteiger partial charge in [0.05, 0.1) is 6.04 Å². The van der Waals surface area contributed by atoms with E-state index in [1.165, 1.54) is 19.1 Å². The maximum atomic E-state index is 13.6. The van der Waals surface area contributed by atoms with Gasteiger partial charge in [-0.2, -0.15) is 0 Å². The number of nitrogens with one attached hydrogen (secondary N) is 2. The van der Waals surface area contributed by atoms with Gasteiger partial charge in [-0.15, -0.1) is 0 Å². The molecule has 0 aliphatic carbocycles. The Bertz CT molecular complexity index is 794. The summed E-state index contributed by atoms with van der Waals surface area (Å²) in [7, 11) is 0. The second-order valence-corrected chi connectivity index (χ2v) is 6.04. The second-order valence-electron chi connectivity index (χ2n) is 6.04. The summed E-state index contributed by atoms with van der Waals surface area (Å²) < 4.78 is 13.6. The summed E-state index contributed by atoms with van der Waals surface area (Å²) in [4.78, 5) is 26.0. The first-order valence-electron chi connectivity index (χ1n) is 8.19. The van der Waals surface area contributed by atoms with E-state index in [0.29, 0.717) is 30.9 Å².